The van der Waals surface area contributed by atoms with Crippen molar-refractivity contribution in [1.82, 2.24) is 9.66 Å². The highest BCUT2D eigenvalue weighted by Crippen LogP contribution is 2.38. The van der Waals surface area contributed by atoms with E-state index >= 15 is 0 Å². The van der Waals surface area contributed by atoms with Crippen molar-refractivity contribution >= 4 is 17.1 Å². The number of aromatic nitrogens is 2. The molecule has 1 aliphatic rings. The lowest BCUT2D eigenvalue weighted by Crippen LogP contribution is -2.21. The summed E-state index contributed by atoms with van der Waals surface area (Å²) in [6.07, 6.45) is 1.57. The zero-order valence-corrected chi connectivity index (χ0v) is 20.9. The van der Waals surface area contributed by atoms with Crippen LogP contribution >= 0.6 is 0 Å². The van der Waals surface area contributed by atoms with Crippen LogP contribution in [0.3, 0.4) is 0 Å². The summed E-state index contributed by atoms with van der Waals surface area (Å²) in [4.78, 5) is 18.5. The largest absolute Gasteiger partial charge is 0.496 e. The monoisotopic (exact) mass is 485 g/mol. The van der Waals surface area contributed by atoms with Crippen molar-refractivity contribution in [3.05, 3.63) is 75.6 Å². The fourth-order valence-electron chi connectivity index (χ4n) is 4.31. The molecular weight excluding hydrogens is 458 g/mol. The maximum absolute atomic E-state index is 13.6. The number of hydrogen-bond donors (Lipinski definition) is 0. The second-order valence-corrected chi connectivity index (χ2v) is 8.83. The van der Waals surface area contributed by atoms with E-state index < -0.39 is 0 Å². The van der Waals surface area contributed by atoms with Crippen molar-refractivity contribution in [1.29, 1.82) is 0 Å². The number of fused-ring (bicyclic) bond motifs is 2. The van der Waals surface area contributed by atoms with Gasteiger partial charge in [-0.3, -0.25) is 4.79 Å². The molecule has 1 aromatic heterocycles. The van der Waals surface area contributed by atoms with E-state index in [2.05, 4.69) is 18.9 Å². The molecule has 8 heteroatoms. The highest BCUT2D eigenvalue weighted by molar-refractivity contribution is 5.86. The molecule has 0 bridgehead atoms. The SMILES string of the molecule is COc1cc2c(cc1C=Nn1c(-c3cc(C(C)C)c(OC)cc3C)nc3ccccc3c1=O)OCO2. The van der Waals surface area contributed by atoms with Gasteiger partial charge in [-0.25, -0.2) is 4.98 Å². The molecule has 2 heterocycles. The molecule has 0 saturated heterocycles. The molecule has 0 amide bonds. The van der Waals surface area contributed by atoms with Gasteiger partial charge >= 0.3 is 0 Å². The summed E-state index contributed by atoms with van der Waals surface area (Å²) in [6, 6.07) is 14.8. The molecule has 0 atom stereocenters. The zero-order chi connectivity index (χ0) is 25.4. The van der Waals surface area contributed by atoms with Gasteiger partial charge in [0.05, 0.1) is 31.3 Å². The maximum Gasteiger partial charge on any atom is 0.282 e. The minimum absolute atomic E-state index is 0.145. The number of aryl methyl sites for hydroxylation is 1. The standard InChI is InChI=1S/C28H27N3O5/c1-16(2)20-12-21(17(3)10-24(20)34-5)27-30-22-9-7-6-8-19(22)28(32)31(27)29-14-18-11-25-26(36-15-35-25)13-23(18)33-4/h6-14,16H,15H2,1-5H3. The van der Waals surface area contributed by atoms with Crippen LogP contribution in [0.1, 0.15) is 36.5 Å². The molecule has 184 valence electrons. The number of nitrogens with zero attached hydrogens (tertiary/aromatic N) is 3. The third-order valence-electron chi connectivity index (χ3n) is 6.23. The van der Waals surface area contributed by atoms with Gasteiger partial charge in [0.1, 0.15) is 11.5 Å². The summed E-state index contributed by atoms with van der Waals surface area (Å²) in [6.45, 7) is 6.31. The topological polar surface area (TPSA) is 84.2 Å². The fraction of sp³-hybridized carbons (Fsp3) is 0.250. The summed E-state index contributed by atoms with van der Waals surface area (Å²) < 4.78 is 23.4. The molecule has 0 fully saturated rings. The molecule has 1 aliphatic heterocycles. The summed E-state index contributed by atoms with van der Waals surface area (Å²) >= 11 is 0. The number of ether oxygens (including phenoxy) is 4. The number of methoxy groups -OCH3 is 2. The van der Waals surface area contributed by atoms with E-state index in [0.717, 1.165) is 22.4 Å². The summed E-state index contributed by atoms with van der Waals surface area (Å²) in [5.74, 6) is 3.19. The van der Waals surface area contributed by atoms with Crippen LogP contribution in [0.5, 0.6) is 23.0 Å². The number of para-hydroxylation sites is 1. The Bertz CT molecular complexity index is 1560. The summed E-state index contributed by atoms with van der Waals surface area (Å²) in [5.41, 5.74) is 3.72. The quantitative estimate of drug-likeness (QED) is 0.352. The second kappa shape index (κ2) is 9.37. The van der Waals surface area contributed by atoms with Crippen LogP contribution in [0, 0.1) is 6.92 Å². The smallest absolute Gasteiger partial charge is 0.282 e. The van der Waals surface area contributed by atoms with Crippen LogP contribution in [0.15, 0.2) is 58.4 Å². The minimum atomic E-state index is -0.270. The van der Waals surface area contributed by atoms with Gasteiger partial charge in [-0.1, -0.05) is 26.0 Å². The highest BCUT2D eigenvalue weighted by atomic mass is 16.7. The van der Waals surface area contributed by atoms with Gasteiger partial charge in [0, 0.05) is 17.2 Å². The van der Waals surface area contributed by atoms with Gasteiger partial charge in [0.2, 0.25) is 6.79 Å². The molecule has 0 radical (unpaired) electrons. The lowest BCUT2D eigenvalue weighted by atomic mass is 9.96. The molecule has 0 aliphatic carbocycles. The van der Waals surface area contributed by atoms with Crippen molar-refractivity contribution in [2.45, 2.75) is 26.7 Å². The Kier molecular flexibility index (Phi) is 6.10. The fourth-order valence-corrected chi connectivity index (χ4v) is 4.31. The van der Waals surface area contributed by atoms with Gasteiger partial charge in [-0.2, -0.15) is 9.78 Å². The predicted molar refractivity (Wildman–Crippen MR) is 139 cm³/mol. The molecule has 3 aromatic carbocycles. The van der Waals surface area contributed by atoms with Crippen LogP contribution in [0.2, 0.25) is 0 Å². The Balaban J connectivity index is 1.74. The molecule has 0 spiro atoms. The van der Waals surface area contributed by atoms with Crippen LogP contribution in [0.4, 0.5) is 0 Å². The molecule has 8 nitrogen and oxygen atoms in total. The first-order valence-electron chi connectivity index (χ1n) is 11.6. The van der Waals surface area contributed by atoms with E-state index in [4.69, 9.17) is 23.9 Å². The number of benzene rings is 3. The van der Waals surface area contributed by atoms with Gasteiger partial charge in [0.15, 0.2) is 17.3 Å². The maximum atomic E-state index is 13.6. The van der Waals surface area contributed by atoms with Gasteiger partial charge in [0.25, 0.3) is 5.56 Å². The van der Waals surface area contributed by atoms with Crippen molar-refractivity contribution in [2.24, 2.45) is 5.10 Å². The molecule has 4 aromatic rings. The zero-order valence-electron chi connectivity index (χ0n) is 20.9. The summed E-state index contributed by atoms with van der Waals surface area (Å²) in [5, 5.41) is 5.08. The summed E-state index contributed by atoms with van der Waals surface area (Å²) in [7, 11) is 3.23. The minimum Gasteiger partial charge on any atom is -0.496 e. The van der Waals surface area contributed by atoms with Crippen molar-refractivity contribution in [2.75, 3.05) is 21.0 Å². The molecule has 36 heavy (non-hydrogen) atoms. The molecule has 5 rings (SSSR count). The highest BCUT2D eigenvalue weighted by Gasteiger charge is 2.20. The van der Waals surface area contributed by atoms with E-state index in [1.54, 1.807) is 38.6 Å². The van der Waals surface area contributed by atoms with E-state index in [0.29, 0.717) is 39.5 Å². The van der Waals surface area contributed by atoms with Crippen LogP contribution in [-0.2, 0) is 0 Å². The second-order valence-electron chi connectivity index (χ2n) is 8.83. The van der Waals surface area contributed by atoms with Crippen LogP contribution < -0.4 is 24.5 Å². The van der Waals surface area contributed by atoms with Crippen molar-refractivity contribution in [3.63, 3.8) is 0 Å². The van der Waals surface area contributed by atoms with Crippen molar-refractivity contribution < 1.29 is 18.9 Å². The van der Waals surface area contributed by atoms with Gasteiger partial charge in [-0.05, 0) is 54.3 Å². The first-order valence-corrected chi connectivity index (χ1v) is 11.6. The molecular formula is C28H27N3O5. The average Bonchev–Trinajstić information content (AvgIpc) is 3.34. The molecule has 0 N–H and O–H groups in total. The Morgan fingerprint density at radius 3 is 2.47 bits per heavy atom. The van der Waals surface area contributed by atoms with Gasteiger partial charge in [-0.15, -0.1) is 0 Å². The van der Waals surface area contributed by atoms with Crippen LogP contribution in [0.25, 0.3) is 22.3 Å². The molecule has 0 saturated carbocycles. The lowest BCUT2D eigenvalue weighted by Gasteiger charge is -2.17. The van der Waals surface area contributed by atoms with Crippen molar-refractivity contribution in [3.8, 4) is 34.4 Å². The third kappa shape index (κ3) is 4.04. The molecule has 0 unspecified atom stereocenters. The Morgan fingerprint density at radius 2 is 1.75 bits per heavy atom. The van der Waals surface area contributed by atoms with E-state index in [9.17, 15) is 4.79 Å². The normalized spacial score (nSPS) is 12.6. The van der Waals surface area contributed by atoms with E-state index in [1.165, 1.54) is 4.68 Å². The predicted octanol–water partition coefficient (Wildman–Crippen LogP) is 5.12. The van der Waals surface area contributed by atoms with E-state index in [1.807, 2.05) is 37.3 Å². The number of rotatable bonds is 6. The van der Waals surface area contributed by atoms with E-state index in [-0.39, 0.29) is 18.3 Å². The first kappa shape index (κ1) is 23.4. The Hall–Kier alpha value is -4.33. The Morgan fingerprint density at radius 1 is 1.03 bits per heavy atom. The third-order valence-corrected chi connectivity index (χ3v) is 6.23. The van der Waals surface area contributed by atoms with Crippen LogP contribution in [-0.4, -0.2) is 36.9 Å². The number of hydrogen-bond acceptors (Lipinski definition) is 7. The average molecular weight is 486 g/mol. The Labute approximate surface area is 208 Å². The van der Waals surface area contributed by atoms with Gasteiger partial charge < -0.3 is 18.9 Å². The lowest BCUT2D eigenvalue weighted by molar-refractivity contribution is 0.174. The first-order chi connectivity index (χ1) is 17.4.